The summed E-state index contributed by atoms with van der Waals surface area (Å²) in [5.41, 5.74) is 1.50. The summed E-state index contributed by atoms with van der Waals surface area (Å²) in [7, 11) is 1.81. The van der Waals surface area contributed by atoms with E-state index in [4.69, 9.17) is 5.11 Å². The van der Waals surface area contributed by atoms with E-state index in [0.29, 0.717) is 19.5 Å². The lowest BCUT2D eigenvalue weighted by Gasteiger charge is -2.32. The van der Waals surface area contributed by atoms with Crippen LogP contribution < -0.4 is 5.32 Å². The molecule has 2 amide bonds. The van der Waals surface area contributed by atoms with E-state index in [0.717, 1.165) is 24.2 Å². The average molecular weight is 294 g/mol. The third-order valence-corrected chi connectivity index (χ3v) is 3.83. The van der Waals surface area contributed by atoms with Crippen LogP contribution in [0.2, 0.25) is 0 Å². The summed E-state index contributed by atoms with van der Waals surface area (Å²) in [5, 5.41) is 15.8. The number of aryl methyl sites for hydroxylation is 2. The number of rotatable bonds is 4. The zero-order chi connectivity index (χ0) is 15.4. The third-order valence-electron chi connectivity index (χ3n) is 3.83. The molecule has 1 aromatic rings. The second-order valence-electron chi connectivity index (χ2n) is 5.62. The van der Waals surface area contributed by atoms with Crippen molar-refractivity contribution in [1.82, 2.24) is 14.7 Å². The highest BCUT2D eigenvalue weighted by molar-refractivity contribution is 5.89. The van der Waals surface area contributed by atoms with Gasteiger partial charge in [-0.15, -0.1) is 0 Å². The van der Waals surface area contributed by atoms with Crippen molar-refractivity contribution in [2.75, 3.05) is 18.4 Å². The molecule has 21 heavy (non-hydrogen) atoms. The number of carboxylic acid groups (broad SMARTS) is 1. The molecule has 0 aromatic carbocycles. The molecule has 1 aromatic heterocycles. The molecule has 1 atom stereocenters. The zero-order valence-corrected chi connectivity index (χ0v) is 12.5. The number of aliphatic carboxylic acids is 1. The normalized spacial score (nSPS) is 18.6. The van der Waals surface area contributed by atoms with Crippen molar-refractivity contribution in [1.29, 1.82) is 0 Å². The molecule has 1 saturated heterocycles. The minimum absolute atomic E-state index is 0.133. The maximum atomic E-state index is 12.3. The monoisotopic (exact) mass is 294 g/mol. The molecule has 1 aliphatic rings. The van der Waals surface area contributed by atoms with Gasteiger partial charge in [0.05, 0.1) is 11.4 Å². The van der Waals surface area contributed by atoms with Crippen molar-refractivity contribution in [3.05, 3.63) is 11.9 Å². The quantitative estimate of drug-likeness (QED) is 0.887. The number of likely N-dealkylation sites (tertiary alicyclic amines) is 1. The second-order valence-corrected chi connectivity index (χ2v) is 5.62. The van der Waals surface area contributed by atoms with Crippen molar-refractivity contribution in [3.8, 4) is 0 Å². The number of carbonyl (C=O) groups is 2. The van der Waals surface area contributed by atoms with Crippen LogP contribution in [-0.2, 0) is 11.8 Å². The highest BCUT2D eigenvalue weighted by Crippen LogP contribution is 2.22. The summed E-state index contributed by atoms with van der Waals surface area (Å²) in [6, 6.07) is -0.133. The minimum atomic E-state index is -0.775. The van der Waals surface area contributed by atoms with Crippen LogP contribution in [0.15, 0.2) is 6.20 Å². The first-order valence-electron chi connectivity index (χ1n) is 7.23. The van der Waals surface area contributed by atoms with Gasteiger partial charge in [0.1, 0.15) is 0 Å². The van der Waals surface area contributed by atoms with Gasteiger partial charge in [-0.25, -0.2) is 4.79 Å². The number of carboxylic acids is 1. The van der Waals surface area contributed by atoms with Crippen LogP contribution in [0.5, 0.6) is 0 Å². The van der Waals surface area contributed by atoms with Gasteiger partial charge in [0.25, 0.3) is 0 Å². The summed E-state index contributed by atoms with van der Waals surface area (Å²) in [6.07, 6.45) is 4.48. The number of nitrogens with zero attached hydrogens (tertiary/aromatic N) is 3. The lowest BCUT2D eigenvalue weighted by Crippen LogP contribution is -2.42. The van der Waals surface area contributed by atoms with Crippen LogP contribution in [-0.4, -0.2) is 44.9 Å². The van der Waals surface area contributed by atoms with Crippen molar-refractivity contribution in [3.63, 3.8) is 0 Å². The first-order valence-corrected chi connectivity index (χ1v) is 7.23. The maximum Gasteiger partial charge on any atom is 0.321 e. The van der Waals surface area contributed by atoms with Crippen molar-refractivity contribution >= 4 is 17.7 Å². The van der Waals surface area contributed by atoms with E-state index in [1.807, 2.05) is 14.0 Å². The summed E-state index contributed by atoms with van der Waals surface area (Å²) < 4.78 is 1.66. The molecule has 0 saturated carbocycles. The average Bonchev–Trinajstić information content (AvgIpc) is 2.75. The molecule has 1 aliphatic heterocycles. The molecular formula is C14H22N4O3. The van der Waals surface area contributed by atoms with Gasteiger partial charge in [0.2, 0.25) is 0 Å². The Morgan fingerprint density at radius 1 is 1.52 bits per heavy atom. The number of anilines is 1. The highest BCUT2D eigenvalue weighted by atomic mass is 16.4. The molecular weight excluding hydrogens is 272 g/mol. The predicted molar refractivity (Wildman–Crippen MR) is 78.1 cm³/mol. The number of amides is 2. The molecule has 2 heterocycles. The summed E-state index contributed by atoms with van der Waals surface area (Å²) >= 11 is 0. The maximum absolute atomic E-state index is 12.3. The Kier molecular flexibility index (Phi) is 4.82. The number of nitrogens with one attached hydrogen (secondary N) is 1. The lowest BCUT2D eigenvalue weighted by molar-refractivity contribution is -0.137. The number of carbonyl (C=O) groups excluding carboxylic acids is 1. The summed E-state index contributed by atoms with van der Waals surface area (Å²) in [6.45, 7) is 3.19. The van der Waals surface area contributed by atoms with Gasteiger partial charge in [-0.05, 0) is 32.1 Å². The van der Waals surface area contributed by atoms with Crippen LogP contribution in [0.3, 0.4) is 0 Å². The smallest absolute Gasteiger partial charge is 0.321 e. The first kappa shape index (κ1) is 15.3. The molecule has 116 valence electrons. The van der Waals surface area contributed by atoms with E-state index < -0.39 is 5.97 Å². The Morgan fingerprint density at radius 2 is 2.29 bits per heavy atom. The summed E-state index contributed by atoms with van der Waals surface area (Å²) in [5.74, 6) is -0.502. The number of piperidine rings is 1. The second kappa shape index (κ2) is 6.60. The number of aromatic nitrogens is 2. The molecule has 0 aliphatic carbocycles. The van der Waals surface area contributed by atoms with Gasteiger partial charge in [0.15, 0.2) is 0 Å². The third kappa shape index (κ3) is 4.21. The van der Waals surface area contributed by atoms with Crippen LogP contribution in [0.25, 0.3) is 0 Å². The minimum Gasteiger partial charge on any atom is -0.481 e. The fourth-order valence-electron chi connectivity index (χ4n) is 2.73. The van der Waals surface area contributed by atoms with Crippen molar-refractivity contribution in [2.24, 2.45) is 13.0 Å². The SMILES string of the molecule is Cc1nn(C)cc1NC(=O)N1CCCC(CCC(=O)O)C1. The van der Waals surface area contributed by atoms with Gasteiger partial charge in [-0.3, -0.25) is 9.48 Å². The molecule has 0 bridgehead atoms. The highest BCUT2D eigenvalue weighted by Gasteiger charge is 2.24. The zero-order valence-electron chi connectivity index (χ0n) is 12.5. The Balaban J connectivity index is 1.89. The summed E-state index contributed by atoms with van der Waals surface area (Å²) in [4.78, 5) is 24.7. The molecule has 2 N–H and O–H groups in total. The van der Waals surface area contributed by atoms with E-state index in [2.05, 4.69) is 10.4 Å². The molecule has 7 nitrogen and oxygen atoms in total. The fourth-order valence-corrected chi connectivity index (χ4v) is 2.73. The van der Waals surface area contributed by atoms with E-state index in [9.17, 15) is 9.59 Å². The number of urea groups is 1. The van der Waals surface area contributed by atoms with E-state index in [1.54, 1.807) is 15.8 Å². The fraction of sp³-hybridized carbons (Fsp3) is 0.643. The van der Waals surface area contributed by atoms with Crippen LogP contribution >= 0.6 is 0 Å². The molecule has 7 heteroatoms. The van der Waals surface area contributed by atoms with Gasteiger partial charge in [0, 0.05) is 32.8 Å². The van der Waals surface area contributed by atoms with Gasteiger partial charge < -0.3 is 15.3 Å². The van der Waals surface area contributed by atoms with Crippen molar-refractivity contribution in [2.45, 2.75) is 32.6 Å². The van der Waals surface area contributed by atoms with E-state index >= 15 is 0 Å². The first-order chi connectivity index (χ1) is 9.95. The Labute approximate surface area is 123 Å². The van der Waals surface area contributed by atoms with Crippen LogP contribution in [0, 0.1) is 12.8 Å². The van der Waals surface area contributed by atoms with Crippen LogP contribution in [0.1, 0.15) is 31.4 Å². The van der Waals surface area contributed by atoms with E-state index in [-0.39, 0.29) is 18.4 Å². The van der Waals surface area contributed by atoms with Gasteiger partial charge in [-0.1, -0.05) is 0 Å². The standard InChI is InChI=1S/C14H22N4O3/c1-10-12(9-17(2)16-10)15-14(21)18-7-3-4-11(8-18)5-6-13(19)20/h9,11H,3-8H2,1-2H3,(H,15,21)(H,19,20). The molecule has 0 spiro atoms. The molecule has 1 fully saturated rings. The van der Waals surface area contributed by atoms with Gasteiger partial charge in [-0.2, -0.15) is 5.10 Å². The van der Waals surface area contributed by atoms with E-state index in [1.165, 1.54) is 0 Å². The lowest BCUT2D eigenvalue weighted by atomic mass is 9.93. The Morgan fingerprint density at radius 3 is 2.90 bits per heavy atom. The molecule has 1 unspecified atom stereocenters. The van der Waals surface area contributed by atoms with Crippen molar-refractivity contribution < 1.29 is 14.7 Å². The van der Waals surface area contributed by atoms with Crippen LogP contribution in [0.4, 0.5) is 10.5 Å². The largest absolute Gasteiger partial charge is 0.481 e. The number of hydrogen-bond donors (Lipinski definition) is 2. The number of hydrogen-bond acceptors (Lipinski definition) is 3. The topological polar surface area (TPSA) is 87.5 Å². The molecule has 0 radical (unpaired) electrons. The Hall–Kier alpha value is -2.05. The predicted octanol–water partition coefficient (Wildman–Crippen LogP) is 1.84. The molecule has 2 rings (SSSR count). The Bertz CT molecular complexity index is 526. The van der Waals surface area contributed by atoms with Gasteiger partial charge >= 0.3 is 12.0 Å².